The Labute approximate surface area is 136 Å². The first-order chi connectivity index (χ1) is 6.20. The van der Waals surface area contributed by atoms with Crippen LogP contribution in [0.3, 0.4) is 0 Å². The van der Waals surface area contributed by atoms with E-state index in [9.17, 15) is 9.90 Å². The Morgan fingerprint density at radius 3 is 2.40 bits per heavy atom. The van der Waals surface area contributed by atoms with Crippen molar-refractivity contribution in [3.63, 3.8) is 0 Å². The number of carboxylic acids is 1. The molecule has 0 aliphatic carbocycles. The minimum Gasteiger partial charge on any atom is -0.550 e. The van der Waals surface area contributed by atoms with E-state index in [0.29, 0.717) is 13.0 Å². The van der Waals surface area contributed by atoms with Gasteiger partial charge in [0.15, 0.2) is 0 Å². The molecule has 0 rings (SSSR count). The average molecular weight is 233 g/mol. The maximum Gasteiger partial charge on any atom is 1.00 e. The van der Waals surface area contributed by atoms with Gasteiger partial charge in [0.1, 0.15) is 0 Å². The van der Waals surface area contributed by atoms with Gasteiger partial charge in [-0.25, -0.2) is 0 Å². The van der Waals surface area contributed by atoms with Crippen molar-refractivity contribution in [2.45, 2.75) is 38.6 Å². The quantitative estimate of drug-likeness (QED) is 0.409. The van der Waals surface area contributed by atoms with Crippen LogP contribution in [0.2, 0.25) is 0 Å². The predicted octanol–water partition coefficient (Wildman–Crippen LogP) is -6.76. The molecule has 0 radical (unpaired) electrons. The molecule has 1 unspecified atom stereocenters. The summed E-state index contributed by atoms with van der Waals surface area (Å²) in [7, 11) is 0. The van der Waals surface area contributed by atoms with Crippen LogP contribution in [-0.4, -0.2) is 25.1 Å². The molecule has 15 heavy (non-hydrogen) atoms. The summed E-state index contributed by atoms with van der Waals surface area (Å²) >= 11 is 0. The third-order valence-electron chi connectivity index (χ3n) is 1.91. The van der Waals surface area contributed by atoms with Gasteiger partial charge >= 0.3 is 59.1 Å². The van der Waals surface area contributed by atoms with E-state index in [-0.39, 0.29) is 71.6 Å². The number of hydrogen-bond acceptors (Lipinski definition) is 4. The van der Waals surface area contributed by atoms with Gasteiger partial charge in [-0.15, -0.1) is 0 Å². The van der Waals surface area contributed by atoms with Crippen LogP contribution >= 0.6 is 0 Å². The smallest absolute Gasteiger partial charge is 0.550 e. The second-order valence-electron chi connectivity index (χ2n) is 3.14. The van der Waals surface area contributed by atoms with Crippen molar-refractivity contribution in [1.29, 1.82) is 0 Å². The molecule has 3 N–H and O–H groups in total. The number of nitrogens with one attached hydrogen (secondary N) is 1. The van der Waals surface area contributed by atoms with Crippen LogP contribution in [0.25, 0.3) is 0 Å². The molecule has 0 aromatic heterocycles. The topological polar surface area (TPSA) is 78.2 Å². The van der Waals surface area contributed by atoms with Crippen LogP contribution < -0.4 is 75.3 Å². The number of nitrogens with two attached hydrogens (primary N) is 1. The molecule has 0 saturated heterocycles. The number of carbonyl (C=O) groups is 1. The van der Waals surface area contributed by atoms with Crippen molar-refractivity contribution in [3.05, 3.63) is 0 Å². The summed E-state index contributed by atoms with van der Waals surface area (Å²) in [5.41, 5.74) is 5.34. The van der Waals surface area contributed by atoms with Crippen LogP contribution in [0.15, 0.2) is 0 Å². The standard InChI is InChI=1S/C9H20N2O2.2Na/c1-2-3-8(11-7-6-10)4-5-9(12)13;;/h8,11H,2-7,10H2,1H3,(H,12,13);;/q;2*+1/p-1. The molecule has 1 atom stereocenters. The molecule has 0 aliphatic heterocycles. The van der Waals surface area contributed by atoms with Gasteiger partial charge in [0.2, 0.25) is 0 Å². The molecule has 0 aromatic rings. The van der Waals surface area contributed by atoms with Crippen molar-refractivity contribution in [2.24, 2.45) is 5.73 Å². The Morgan fingerprint density at radius 2 is 2.00 bits per heavy atom. The van der Waals surface area contributed by atoms with Crippen LogP contribution in [0, 0.1) is 0 Å². The van der Waals surface area contributed by atoms with Gasteiger partial charge < -0.3 is 21.0 Å². The first-order valence-electron chi connectivity index (χ1n) is 4.84. The SMILES string of the molecule is CCCC(CCC(=O)[O-])NCCN.[Na+].[Na+]. The third kappa shape index (κ3) is 15.4. The Morgan fingerprint density at radius 1 is 1.40 bits per heavy atom. The summed E-state index contributed by atoms with van der Waals surface area (Å²) in [6.45, 7) is 3.42. The van der Waals surface area contributed by atoms with Crippen molar-refractivity contribution in [1.82, 2.24) is 5.32 Å². The molecule has 78 valence electrons. The molecule has 0 spiro atoms. The fourth-order valence-electron chi connectivity index (χ4n) is 1.28. The normalized spacial score (nSPS) is 11.1. The van der Waals surface area contributed by atoms with Crippen molar-refractivity contribution < 1.29 is 69.0 Å². The molecule has 0 aliphatic rings. The minimum atomic E-state index is -0.976. The second-order valence-corrected chi connectivity index (χ2v) is 3.14. The van der Waals surface area contributed by atoms with Crippen molar-refractivity contribution in [3.8, 4) is 0 Å². The summed E-state index contributed by atoms with van der Waals surface area (Å²) in [5.74, 6) is -0.976. The predicted molar refractivity (Wildman–Crippen MR) is 50.0 cm³/mol. The Bertz CT molecular complexity index is 148. The molecule has 6 heteroatoms. The van der Waals surface area contributed by atoms with Gasteiger partial charge in [-0.2, -0.15) is 0 Å². The Kier molecular flexibility index (Phi) is 22.2. The van der Waals surface area contributed by atoms with Crippen LogP contribution in [0.4, 0.5) is 0 Å². The van der Waals surface area contributed by atoms with E-state index in [1.807, 2.05) is 0 Å². The van der Waals surface area contributed by atoms with E-state index in [4.69, 9.17) is 5.73 Å². The van der Waals surface area contributed by atoms with Gasteiger partial charge in [-0.1, -0.05) is 13.3 Å². The zero-order valence-corrected chi connectivity index (χ0v) is 14.2. The van der Waals surface area contributed by atoms with E-state index < -0.39 is 5.97 Å². The third-order valence-corrected chi connectivity index (χ3v) is 1.91. The summed E-state index contributed by atoms with van der Waals surface area (Å²) in [6, 6.07) is 0.270. The number of carbonyl (C=O) groups excluding carboxylic acids is 1. The van der Waals surface area contributed by atoms with E-state index in [0.717, 1.165) is 19.4 Å². The summed E-state index contributed by atoms with van der Waals surface area (Å²) in [4.78, 5) is 10.2. The summed E-state index contributed by atoms with van der Waals surface area (Å²) < 4.78 is 0. The molecular weight excluding hydrogens is 214 g/mol. The van der Waals surface area contributed by atoms with E-state index in [1.165, 1.54) is 0 Å². The molecule has 0 saturated carbocycles. The van der Waals surface area contributed by atoms with Gasteiger partial charge in [0.05, 0.1) is 0 Å². The maximum absolute atomic E-state index is 10.2. The van der Waals surface area contributed by atoms with Gasteiger partial charge in [-0.3, -0.25) is 0 Å². The van der Waals surface area contributed by atoms with E-state index in [1.54, 1.807) is 0 Å². The second kappa shape index (κ2) is 15.4. The molecule has 4 nitrogen and oxygen atoms in total. The van der Waals surface area contributed by atoms with Crippen LogP contribution in [-0.2, 0) is 4.79 Å². The van der Waals surface area contributed by atoms with E-state index >= 15 is 0 Å². The molecule has 0 heterocycles. The first kappa shape index (κ1) is 21.7. The van der Waals surface area contributed by atoms with Crippen LogP contribution in [0.1, 0.15) is 32.6 Å². The summed E-state index contributed by atoms with van der Waals surface area (Å²) in [5, 5.41) is 13.4. The Hall–Kier alpha value is 1.39. The van der Waals surface area contributed by atoms with Gasteiger partial charge in [0.25, 0.3) is 0 Å². The number of rotatable bonds is 8. The number of hydrogen-bond donors (Lipinski definition) is 2. The molecule has 0 aromatic carbocycles. The Balaban J connectivity index is -0.000000720. The zero-order chi connectivity index (χ0) is 10.1. The summed E-state index contributed by atoms with van der Waals surface area (Å²) in [6.07, 6.45) is 2.81. The van der Waals surface area contributed by atoms with Crippen LogP contribution in [0.5, 0.6) is 0 Å². The minimum absolute atomic E-state index is 0. The number of carboxylic acid groups (broad SMARTS) is 1. The van der Waals surface area contributed by atoms with Crippen molar-refractivity contribution in [2.75, 3.05) is 13.1 Å². The molecule has 0 bridgehead atoms. The van der Waals surface area contributed by atoms with E-state index in [2.05, 4.69) is 12.2 Å². The fourth-order valence-corrected chi connectivity index (χ4v) is 1.28. The van der Waals surface area contributed by atoms with Gasteiger partial charge in [0, 0.05) is 25.1 Å². The molecule has 0 fully saturated rings. The molecular formula is C9H19N2Na2O2+. The van der Waals surface area contributed by atoms with Gasteiger partial charge in [-0.05, 0) is 19.3 Å². The largest absolute Gasteiger partial charge is 1.00 e. The fraction of sp³-hybridized carbons (Fsp3) is 0.889. The molecule has 0 amide bonds. The number of aliphatic carboxylic acids is 1. The zero-order valence-electron chi connectivity index (χ0n) is 10.2. The average Bonchev–Trinajstić information content (AvgIpc) is 2.09. The maximum atomic E-state index is 10.2. The monoisotopic (exact) mass is 233 g/mol. The first-order valence-corrected chi connectivity index (χ1v) is 4.84. The van der Waals surface area contributed by atoms with Crippen molar-refractivity contribution >= 4 is 5.97 Å².